The first-order valence-electron chi connectivity index (χ1n) is 10.4. The summed E-state index contributed by atoms with van der Waals surface area (Å²) in [6.45, 7) is 6.77. The first-order chi connectivity index (χ1) is 14.1. The number of rotatable bonds is 8. The second-order valence-corrected chi connectivity index (χ2v) is 7.41. The molecule has 0 radical (unpaired) electrons. The Balaban J connectivity index is 0.00000320. The highest BCUT2D eigenvalue weighted by atomic mass is 127. The second-order valence-electron chi connectivity index (χ2n) is 7.41. The van der Waals surface area contributed by atoms with Gasteiger partial charge in [-0.15, -0.1) is 24.0 Å². The highest BCUT2D eigenvalue weighted by Crippen LogP contribution is 2.32. The van der Waals surface area contributed by atoms with E-state index in [9.17, 15) is 9.18 Å². The number of ether oxygens (including phenoxy) is 1. The van der Waals surface area contributed by atoms with Crippen LogP contribution in [0.4, 0.5) is 15.0 Å². The molecule has 1 saturated carbocycles. The van der Waals surface area contributed by atoms with Gasteiger partial charge in [0, 0.05) is 31.9 Å². The minimum absolute atomic E-state index is 0. The van der Waals surface area contributed by atoms with E-state index >= 15 is 0 Å². The Morgan fingerprint density at radius 3 is 2.87 bits per heavy atom. The largest absolute Gasteiger partial charge is 0.450 e. The molecule has 2 aliphatic rings. The highest BCUT2D eigenvalue weighted by molar-refractivity contribution is 14.0. The van der Waals surface area contributed by atoms with E-state index in [1.165, 1.54) is 6.07 Å². The molecule has 0 aromatic carbocycles. The molecule has 8 nitrogen and oxygen atoms in total. The van der Waals surface area contributed by atoms with Crippen molar-refractivity contribution in [1.82, 2.24) is 20.9 Å². The summed E-state index contributed by atoms with van der Waals surface area (Å²) in [6.07, 6.45) is 4.29. The van der Waals surface area contributed by atoms with Gasteiger partial charge in [0.2, 0.25) is 0 Å². The number of nitrogens with one attached hydrogen (secondary N) is 3. The van der Waals surface area contributed by atoms with Crippen LogP contribution in [0, 0.1) is 11.7 Å². The molecule has 0 bridgehead atoms. The van der Waals surface area contributed by atoms with Crippen LogP contribution in [0.15, 0.2) is 23.3 Å². The highest BCUT2D eigenvalue weighted by Gasteiger charge is 2.33. The van der Waals surface area contributed by atoms with Gasteiger partial charge in [-0.1, -0.05) is 0 Å². The third kappa shape index (κ3) is 7.13. The summed E-state index contributed by atoms with van der Waals surface area (Å²) in [5, 5.41) is 9.61. The van der Waals surface area contributed by atoms with E-state index in [1.54, 1.807) is 19.2 Å². The van der Waals surface area contributed by atoms with Gasteiger partial charge in [-0.3, -0.25) is 4.99 Å². The van der Waals surface area contributed by atoms with E-state index in [0.717, 1.165) is 32.4 Å². The molecule has 1 aromatic heterocycles. The third-order valence-electron chi connectivity index (χ3n) is 5.13. The molecule has 3 N–H and O–H groups in total. The smallest absolute Gasteiger partial charge is 0.407 e. The molecule has 3 rings (SSSR count). The van der Waals surface area contributed by atoms with E-state index in [2.05, 4.69) is 25.9 Å². The SMILES string of the molecule is CCNC(=NCC(NC(=O)OCC)C1CC1)NC1CCN(c2ncccc2F)C1.I. The fraction of sp³-hybridized carbons (Fsp3) is 0.650. The number of nitrogens with zero attached hydrogens (tertiary/aromatic N) is 3. The number of hydrogen-bond acceptors (Lipinski definition) is 5. The van der Waals surface area contributed by atoms with Crippen LogP contribution in [0.5, 0.6) is 0 Å². The first-order valence-corrected chi connectivity index (χ1v) is 10.4. The molecular formula is C20H32FIN6O2. The predicted octanol–water partition coefficient (Wildman–Crippen LogP) is 2.50. The molecule has 30 heavy (non-hydrogen) atoms. The van der Waals surface area contributed by atoms with Gasteiger partial charge in [0.1, 0.15) is 0 Å². The molecule has 1 saturated heterocycles. The van der Waals surface area contributed by atoms with Crippen LogP contribution in [0.1, 0.15) is 33.1 Å². The number of carbonyl (C=O) groups is 1. The summed E-state index contributed by atoms with van der Waals surface area (Å²) < 4.78 is 19.0. The third-order valence-corrected chi connectivity index (χ3v) is 5.13. The van der Waals surface area contributed by atoms with E-state index in [0.29, 0.717) is 37.4 Å². The van der Waals surface area contributed by atoms with Crippen LogP contribution in [-0.4, -0.2) is 61.9 Å². The maximum Gasteiger partial charge on any atom is 0.407 e. The van der Waals surface area contributed by atoms with Gasteiger partial charge in [-0.2, -0.15) is 0 Å². The number of carbonyl (C=O) groups excluding carboxylic acids is 1. The average Bonchev–Trinajstić information content (AvgIpc) is 3.45. The number of hydrogen-bond donors (Lipinski definition) is 3. The van der Waals surface area contributed by atoms with Crippen LogP contribution < -0.4 is 20.9 Å². The normalized spacial score (nSPS) is 19.6. The van der Waals surface area contributed by atoms with Crippen molar-refractivity contribution >= 4 is 41.8 Å². The fourth-order valence-electron chi connectivity index (χ4n) is 3.52. The molecule has 2 heterocycles. The van der Waals surface area contributed by atoms with Crippen molar-refractivity contribution in [2.75, 3.05) is 37.7 Å². The molecule has 2 atom stereocenters. The van der Waals surface area contributed by atoms with Crippen molar-refractivity contribution in [2.45, 2.75) is 45.2 Å². The average molecular weight is 534 g/mol. The van der Waals surface area contributed by atoms with Gasteiger partial charge < -0.3 is 25.6 Å². The van der Waals surface area contributed by atoms with Gasteiger partial charge in [0.25, 0.3) is 0 Å². The number of anilines is 1. The predicted molar refractivity (Wildman–Crippen MR) is 126 cm³/mol. The maximum absolute atomic E-state index is 14.0. The Morgan fingerprint density at radius 2 is 2.20 bits per heavy atom. The molecular weight excluding hydrogens is 502 g/mol. The summed E-state index contributed by atoms with van der Waals surface area (Å²) in [6, 6.07) is 3.16. The molecule has 10 heteroatoms. The van der Waals surface area contributed by atoms with Crippen molar-refractivity contribution < 1.29 is 13.9 Å². The van der Waals surface area contributed by atoms with Crippen LogP contribution in [0.25, 0.3) is 0 Å². The van der Waals surface area contributed by atoms with E-state index in [-0.39, 0.29) is 48.0 Å². The number of halogens is 2. The molecule has 0 spiro atoms. The topological polar surface area (TPSA) is 90.9 Å². The fourth-order valence-corrected chi connectivity index (χ4v) is 3.52. The summed E-state index contributed by atoms with van der Waals surface area (Å²) in [5.41, 5.74) is 0. The van der Waals surface area contributed by atoms with Gasteiger partial charge in [0.05, 0.1) is 19.2 Å². The van der Waals surface area contributed by atoms with Gasteiger partial charge in [0.15, 0.2) is 17.6 Å². The Kier molecular flexibility index (Phi) is 9.86. The number of aromatic nitrogens is 1. The van der Waals surface area contributed by atoms with Gasteiger partial charge in [-0.25, -0.2) is 14.2 Å². The lowest BCUT2D eigenvalue weighted by molar-refractivity contribution is 0.147. The first kappa shape index (κ1) is 24.4. The minimum Gasteiger partial charge on any atom is -0.450 e. The lowest BCUT2D eigenvalue weighted by Gasteiger charge is -2.21. The Labute approximate surface area is 194 Å². The van der Waals surface area contributed by atoms with E-state index in [4.69, 9.17) is 4.74 Å². The molecule has 2 fully saturated rings. The molecule has 1 amide bonds. The van der Waals surface area contributed by atoms with Crippen LogP contribution in [0.2, 0.25) is 0 Å². The number of alkyl carbamates (subject to hydrolysis) is 1. The van der Waals surface area contributed by atoms with Crippen molar-refractivity contribution in [1.29, 1.82) is 0 Å². The zero-order valence-electron chi connectivity index (χ0n) is 17.6. The Morgan fingerprint density at radius 1 is 1.40 bits per heavy atom. The molecule has 168 valence electrons. The van der Waals surface area contributed by atoms with Crippen LogP contribution in [-0.2, 0) is 4.74 Å². The van der Waals surface area contributed by atoms with Crippen LogP contribution in [0.3, 0.4) is 0 Å². The van der Waals surface area contributed by atoms with E-state index < -0.39 is 0 Å². The van der Waals surface area contributed by atoms with Crippen molar-refractivity contribution in [3.05, 3.63) is 24.1 Å². The molecule has 1 aliphatic heterocycles. The molecule has 1 aromatic rings. The lowest BCUT2D eigenvalue weighted by atomic mass is 10.2. The van der Waals surface area contributed by atoms with Crippen LogP contribution >= 0.6 is 24.0 Å². The number of guanidine groups is 1. The van der Waals surface area contributed by atoms with Crippen molar-refractivity contribution in [3.63, 3.8) is 0 Å². The monoisotopic (exact) mass is 534 g/mol. The molecule has 2 unspecified atom stereocenters. The lowest BCUT2D eigenvalue weighted by Crippen LogP contribution is -2.46. The summed E-state index contributed by atoms with van der Waals surface area (Å²) in [7, 11) is 0. The standard InChI is InChI=1S/C20H31FN6O2.HI/c1-3-22-19(24-12-17(14-7-8-14)26-20(28)29-4-2)25-15-9-11-27(13-15)18-16(21)6-5-10-23-18;/h5-6,10,14-15,17H,3-4,7-9,11-13H2,1-2H3,(H,26,28)(H2,22,24,25);1H. The number of pyridine rings is 1. The van der Waals surface area contributed by atoms with E-state index in [1.807, 2.05) is 11.8 Å². The molecule has 1 aliphatic carbocycles. The Hall–Kier alpha value is -1.85. The number of amides is 1. The maximum atomic E-state index is 14.0. The Bertz CT molecular complexity index is 718. The second kappa shape index (κ2) is 12.1. The van der Waals surface area contributed by atoms with Crippen molar-refractivity contribution in [3.8, 4) is 0 Å². The summed E-state index contributed by atoms with van der Waals surface area (Å²) in [5.74, 6) is 1.26. The van der Waals surface area contributed by atoms with Crippen molar-refractivity contribution in [2.24, 2.45) is 10.9 Å². The number of aliphatic imine (C=N–C) groups is 1. The summed E-state index contributed by atoms with van der Waals surface area (Å²) in [4.78, 5) is 22.6. The summed E-state index contributed by atoms with van der Waals surface area (Å²) >= 11 is 0. The zero-order valence-corrected chi connectivity index (χ0v) is 19.9. The minimum atomic E-state index is -0.388. The van der Waals surface area contributed by atoms with Gasteiger partial charge >= 0.3 is 6.09 Å². The quantitative estimate of drug-likeness (QED) is 0.270. The van der Waals surface area contributed by atoms with Gasteiger partial charge in [-0.05, 0) is 51.2 Å². The zero-order chi connectivity index (χ0) is 20.6.